The second-order valence-electron chi connectivity index (χ2n) is 2.60. The molecule has 0 fully saturated rings. The molecule has 0 spiro atoms. The van der Waals surface area contributed by atoms with Crippen LogP contribution in [0.15, 0.2) is 24.3 Å². The standard InChI is InChI=1S/C9H4Cl2FNS/c10-8-7(13-9(11)14-8)5-1-3-6(12)4-2-5/h1-4H. The molecule has 0 aliphatic carbocycles. The van der Waals surface area contributed by atoms with Gasteiger partial charge in [0, 0.05) is 5.56 Å². The lowest BCUT2D eigenvalue weighted by Gasteiger charge is -1.96. The van der Waals surface area contributed by atoms with Crippen molar-refractivity contribution >= 4 is 34.5 Å². The summed E-state index contributed by atoms with van der Waals surface area (Å²) in [6.07, 6.45) is 0. The third-order valence-electron chi connectivity index (χ3n) is 1.68. The Morgan fingerprint density at radius 1 is 1.14 bits per heavy atom. The number of nitrogens with zero attached hydrogens (tertiary/aromatic N) is 1. The van der Waals surface area contributed by atoms with E-state index in [2.05, 4.69) is 4.98 Å². The van der Waals surface area contributed by atoms with Gasteiger partial charge in [0.2, 0.25) is 0 Å². The van der Waals surface area contributed by atoms with Crippen LogP contribution in [-0.4, -0.2) is 4.98 Å². The van der Waals surface area contributed by atoms with Gasteiger partial charge in [-0.3, -0.25) is 0 Å². The monoisotopic (exact) mass is 247 g/mol. The van der Waals surface area contributed by atoms with Crippen molar-refractivity contribution in [3.8, 4) is 11.3 Å². The lowest BCUT2D eigenvalue weighted by atomic mass is 10.2. The zero-order chi connectivity index (χ0) is 10.1. The number of hydrogen-bond acceptors (Lipinski definition) is 2. The molecule has 72 valence electrons. The van der Waals surface area contributed by atoms with Crippen LogP contribution in [0.25, 0.3) is 11.3 Å². The fourth-order valence-electron chi connectivity index (χ4n) is 1.06. The minimum atomic E-state index is -0.286. The topological polar surface area (TPSA) is 12.9 Å². The first-order valence-corrected chi connectivity index (χ1v) is 5.32. The summed E-state index contributed by atoms with van der Waals surface area (Å²) in [6.45, 7) is 0. The molecule has 2 rings (SSSR count). The molecule has 0 aliphatic rings. The van der Waals surface area contributed by atoms with E-state index >= 15 is 0 Å². The van der Waals surface area contributed by atoms with Crippen molar-refractivity contribution in [2.45, 2.75) is 0 Å². The highest BCUT2D eigenvalue weighted by Gasteiger charge is 2.09. The zero-order valence-corrected chi connectivity index (χ0v) is 9.13. The van der Waals surface area contributed by atoms with E-state index in [9.17, 15) is 4.39 Å². The van der Waals surface area contributed by atoms with Crippen molar-refractivity contribution in [3.05, 3.63) is 38.9 Å². The van der Waals surface area contributed by atoms with Gasteiger partial charge in [-0.15, -0.1) is 0 Å². The summed E-state index contributed by atoms with van der Waals surface area (Å²) in [6, 6.07) is 5.96. The molecule has 0 saturated heterocycles. The highest BCUT2D eigenvalue weighted by molar-refractivity contribution is 7.20. The molecule has 1 aromatic heterocycles. The Morgan fingerprint density at radius 2 is 1.79 bits per heavy atom. The van der Waals surface area contributed by atoms with Crippen molar-refractivity contribution in [1.29, 1.82) is 0 Å². The van der Waals surface area contributed by atoms with Crippen molar-refractivity contribution in [2.24, 2.45) is 0 Å². The van der Waals surface area contributed by atoms with E-state index < -0.39 is 0 Å². The van der Waals surface area contributed by atoms with Gasteiger partial charge in [-0.25, -0.2) is 9.37 Å². The predicted molar refractivity (Wildman–Crippen MR) is 57.5 cm³/mol. The molecule has 5 heteroatoms. The van der Waals surface area contributed by atoms with Gasteiger partial charge in [0.25, 0.3) is 0 Å². The quantitative estimate of drug-likeness (QED) is 0.734. The summed E-state index contributed by atoms with van der Waals surface area (Å²) in [5.41, 5.74) is 1.36. The van der Waals surface area contributed by atoms with Gasteiger partial charge < -0.3 is 0 Å². The Hall–Kier alpha value is -0.640. The molecule has 0 radical (unpaired) electrons. The highest BCUT2D eigenvalue weighted by atomic mass is 35.5. The smallest absolute Gasteiger partial charge is 0.185 e. The van der Waals surface area contributed by atoms with Gasteiger partial charge in [-0.1, -0.05) is 34.5 Å². The van der Waals surface area contributed by atoms with Crippen molar-refractivity contribution in [1.82, 2.24) is 4.98 Å². The third-order valence-corrected chi connectivity index (χ3v) is 3.04. The summed E-state index contributed by atoms with van der Waals surface area (Å²) in [7, 11) is 0. The maximum atomic E-state index is 12.6. The van der Waals surface area contributed by atoms with Gasteiger partial charge in [0.1, 0.15) is 15.8 Å². The Kier molecular flexibility index (Phi) is 2.72. The van der Waals surface area contributed by atoms with E-state index in [1.807, 2.05) is 0 Å². The fraction of sp³-hybridized carbons (Fsp3) is 0. The molecule has 14 heavy (non-hydrogen) atoms. The molecule has 1 heterocycles. The molecular formula is C9H4Cl2FNS. The molecule has 1 aromatic carbocycles. The minimum Gasteiger partial charge on any atom is -0.223 e. The van der Waals surface area contributed by atoms with Gasteiger partial charge in [-0.2, -0.15) is 0 Å². The summed E-state index contributed by atoms with van der Waals surface area (Å²) in [5.74, 6) is -0.286. The van der Waals surface area contributed by atoms with Gasteiger partial charge in [-0.05, 0) is 24.3 Å². The van der Waals surface area contributed by atoms with E-state index in [-0.39, 0.29) is 5.82 Å². The number of hydrogen-bond donors (Lipinski definition) is 0. The summed E-state index contributed by atoms with van der Waals surface area (Å²) in [4.78, 5) is 4.04. The lowest BCUT2D eigenvalue weighted by molar-refractivity contribution is 0.628. The van der Waals surface area contributed by atoms with Crippen LogP contribution in [0.2, 0.25) is 8.80 Å². The first-order chi connectivity index (χ1) is 6.66. The molecule has 1 nitrogen and oxygen atoms in total. The molecule has 0 bridgehead atoms. The average molecular weight is 248 g/mol. The van der Waals surface area contributed by atoms with Crippen LogP contribution in [0.1, 0.15) is 0 Å². The minimum absolute atomic E-state index is 0.286. The van der Waals surface area contributed by atoms with Crippen LogP contribution < -0.4 is 0 Å². The first kappa shape index (κ1) is 9.90. The van der Waals surface area contributed by atoms with E-state index in [1.165, 1.54) is 23.5 Å². The van der Waals surface area contributed by atoms with E-state index in [1.54, 1.807) is 12.1 Å². The van der Waals surface area contributed by atoms with E-state index in [4.69, 9.17) is 23.2 Å². The van der Waals surface area contributed by atoms with Crippen LogP contribution in [-0.2, 0) is 0 Å². The second kappa shape index (κ2) is 3.85. The number of aromatic nitrogens is 1. The normalized spacial score (nSPS) is 10.5. The van der Waals surface area contributed by atoms with Crippen LogP contribution in [0, 0.1) is 5.82 Å². The van der Waals surface area contributed by atoms with Crippen molar-refractivity contribution < 1.29 is 4.39 Å². The third kappa shape index (κ3) is 1.90. The molecular weight excluding hydrogens is 244 g/mol. The van der Waals surface area contributed by atoms with Gasteiger partial charge >= 0.3 is 0 Å². The number of halogens is 3. The Labute approximate surface area is 94.1 Å². The summed E-state index contributed by atoms with van der Waals surface area (Å²) in [5, 5.41) is 0. The van der Waals surface area contributed by atoms with Crippen molar-refractivity contribution in [3.63, 3.8) is 0 Å². The highest BCUT2D eigenvalue weighted by Crippen LogP contribution is 2.34. The molecule has 2 aromatic rings. The molecule has 0 N–H and O–H groups in total. The lowest BCUT2D eigenvalue weighted by Crippen LogP contribution is -1.79. The Bertz CT molecular complexity index is 452. The Balaban J connectivity index is 2.49. The van der Waals surface area contributed by atoms with Crippen LogP contribution in [0.3, 0.4) is 0 Å². The Morgan fingerprint density at radius 3 is 2.29 bits per heavy atom. The summed E-state index contributed by atoms with van der Waals surface area (Å²) >= 11 is 12.8. The maximum Gasteiger partial charge on any atom is 0.185 e. The number of thiazole rings is 1. The van der Waals surface area contributed by atoms with Crippen LogP contribution in [0.5, 0.6) is 0 Å². The average Bonchev–Trinajstić information content (AvgIpc) is 2.47. The molecule has 0 saturated carbocycles. The largest absolute Gasteiger partial charge is 0.223 e. The predicted octanol–water partition coefficient (Wildman–Crippen LogP) is 4.26. The van der Waals surface area contributed by atoms with Crippen LogP contribution >= 0.6 is 34.5 Å². The second-order valence-corrected chi connectivity index (χ2v) is 4.78. The first-order valence-electron chi connectivity index (χ1n) is 3.74. The van der Waals surface area contributed by atoms with E-state index in [0.29, 0.717) is 14.5 Å². The molecule has 0 unspecified atom stereocenters. The van der Waals surface area contributed by atoms with Gasteiger partial charge in [0.05, 0.1) is 0 Å². The zero-order valence-electron chi connectivity index (χ0n) is 6.80. The SMILES string of the molecule is Fc1ccc(-c2nc(Cl)sc2Cl)cc1. The van der Waals surface area contributed by atoms with Crippen LogP contribution in [0.4, 0.5) is 4.39 Å². The van der Waals surface area contributed by atoms with E-state index in [0.717, 1.165) is 5.56 Å². The van der Waals surface area contributed by atoms with Gasteiger partial charge in [0.15, 0.2) is 4.47 Å². The van der Waals surface area contributed by atoms with Crippen molar-refractivity contribution in [2.75, 3.05) is 0 Å². The number of rotatable bonds is 1. The molecule has 0 atom stereocenters. The number of benzene rings is 1. The summed E-state index contributed by atoms with van der Waals surface area (Å²) < 4.78 is 13.5. The maximum absolute atomic E-state index is 12.6. The fourth-order valence-corrected chi connectivity index (χ4v) is 2.41. The molecule has 0 aliphatic heterocycles. The molecule has 0 amide bonds.